The van der Waals surface area contributed by atoms with E-state index in [1.54, 1.807) is 41.9 Å². The highest BCUT2D eigenvalue weighted by Gasteiger charge is 2.26. The Balaban J connectivity index is 0.969. The second-order valence-electron chi connectivity index (χ2n) is 18.3. The number of rotatable bonds is 43. The molecule has 4 rings (SSSR count). The number of hydrogen-bond acceptors (Lipinski definition) is 22. The number of nitrogens with two attached hydrogens (primary N) is 1. The normalized spacial score (nSPS) is 12.8. The fourth-order valence-corrected chi connectivity index (χ4v) is 7.38. The number of methoxy groups -OCH3 is 1. The molecule has 80 heavy (non-hydrogen) atoms. The van der Waals surface area contributed by atoms with Gasteiger partial charge in [-0.05, 0) is 82.3 Å². The number of ether oxygens (including phenoxy) is 9. The number of hydrogen-bond donors (Lipinski definition) is 8. The van der Waals surface area contributed by atoms with Gasteiger partial charge >= 0.3 is 6.09 Å². The summed E-state index contributed by atoms with van der Waals surface area (Å²) in [7, 11) is 1.35. The molecule has 4 unspecified atom stereocenters. The second-order valence-corrected chi connectivity index (χ2v) is 18.3. The van der Waals surface area contributed by atoms with E-state index in [1.165, 1.54) is 20.1 Å². The zero-order valence-electron chi connectivity index (χ0n) is 46.1. The fourth-order valence-electron chi connectivity index (χ4n) is 7.38. The van der Waals surface area contributed by atoms with Crippen LogP contribution < -0.4 is 41.2 Å². The van der Waals surface area contributed by atoms with Crippen molar-refractivity contribution in [2.75, 3.05) is 113 Å². The van der Waals surface area contributed by atoms with E-state index in [0.717, 1.165) is 42.3 Å². The largest absolute Gasteiger partial charge is 0.493 e. The molecule has 0 aliphatic carbocycles. The van der Waals surface area contributed by atoms with Crippen LogP contribution in [0, 0.1) is 17.0 Å². The molecule has 2 aromatic carbocycles. The van der Waals surface area contributed by atoms with E-state index >= 15 is 0 Å². The van der Waals surface area contributed by atoms with Gasteiger partial charge in [-0.25, -0.2) is 14.5 Å². The molecule has 3 amide bonds. The number of carbonyl (C=O) groups excluding carboxylic acids is 3. The van der Waals surface area contributed by atoms with E-state index in [1.807, 2.05) is 19.2 Å². The Hall–Kier alpha value is -6.66. The van der Waals surface area contributed by atoms with Crippen LogP contribution in [-0.4, -0.2) is 189 Å². The van der Waals surface area contributed by atoms with Gasteiger partial charge in [0.25, 0.3) is 11.6 Å². The summed E-state index contributed by atoms with van der Waals surface area (Å²) in [4.78, 5) is 53.5. The molecule has 27 heteroatoms. The van der Waals surface area contributed by atoms with Crippen LogP contribution in [0.15, 0.2) is 54.7 Å². The van der Waals surface area contributed by atoms with Crippen LogP contribution in [0.25, 0.3) is 0 Å². The number of aliphatic hydroxyl groups is 3. The molecule has 0 spiro atoms. The summed E-state index contributed by atoms with van der Waals surface area (Å²) in [6, 6.07) is 13.1. The van der Waals surface area contributed by atoms with Crippen molar-refractivity contribution in [3.8, 4) is 23.1 Å². The summed E-state index contributed by atoms with van der Waals surface area (Å²) in [5, 5.41) is 60.7. The minimum atomic E-state index is -1.10. The number of carbonyl (C=O) groups is 3. The van der Waals surface area contributed by atoms with Crippen molar-refractivity contribution in [1.29, 1.82) is 0 Å². The van der Waals surface area contributed by atoms with Crippen LogP contribution in [0.5, 0.6) is 23.1 Å². The van der Waals surface area contributed by atoms with Crippen LogP contribution in [0.2, 0.25) is 0 Å². The first kappa shape index (κ1) is 65.9. The molecule has 4 aromatic rings. The summed E-state index contributed by atoms with van der Waals surface area (Å²) in [5.74, 6) is 0.721. The van der Waals surface area contributed by atoms with Crippen molar-refractivity contribution in [2.45, 2.75) is 90.4 Å². The maximum Gasteiger partial charge on any atom is 0.407 e. The molecule has 2 aromatic heterocycles. The number of nitrogens with one attached hydrogen (secondary N) is 4. The number of nitrogens with zero attached hydrogens (tertiary/aromatic N) is 5. The van der Waals surface area contributed by atoms with Gasteiger partial charge in [-0.3, -0.25) is 19.7 Å². The minimum absolute atomic E-state index is 0.0350. The zero-order chi connectivity index (χ0) is 57.9. The molecule has 0 fully saturated rings. The maximum absolute atomic E-state index is 12.8. The summed E-state index contributed by atoms with van der Waals surface area (Å²) < 4.78 is 51.5. The molecule has 9 N–H and O–H groups in total. The Morgan fingerprint density at radius 2 is 1.50 bits per heavy atom. The zero-order valence-corrected chi connectivity index (χ0v) is 46.1. The Bertz CT molecular complexity index is 2450. The number of pyridine rings is 1. The summed E-state index contributed by atoms with van der Waals surface area (Å²) >= 11 is 0. The Morgan fingerprint density at radius 3 is 2.21 bits per heavy atom. The summed E-state index contributed by atoms with van der Waals surface area (Å²) in [6.07, 6.45) is 0.188. The number of benzene rings is 2. The van der Waals surface area contributed by atoms with Gasteiger partial charge in [0, 0.05) is 69.2 Å². The summed E-state index contributed by atoms with van der Waals surface area (Å²) in [6.45, 7) is 9.41. The Morgan fingerprint density at radius 1 is 0.787 bits per heavy atom. The fraction of sp³-hybridized carbons (Fsp3) is 0.585. The minimum Gasteiger partial charge on any atom is -0.493 e. The highest BCUT2D eigenvalue weighted by atomic mass is 16.6. The highest BCUT2D eigenvalue weighted by Crippen LogP contribution is 2.38. The lowest BCUT2D eigenvalue weighted by Crippen LogP contribution is -2.36. The van der Waals surface area contributed by atoms with E-state index in [2.05, 4.69) is 36.6 Å². The number of nitro benzene ring substituents is 1. The van der Waals surface area contributed by atoms with Crippen molar-refractivity contribution in [3.63, 3.8) is 0 Å². The van der Waals surface area contributed by atoms with Gasteiger partial charge in [0.15, 0.2) is 11.5 Å². The predicted molar refractivity (Wildman–Crippen MR) is 290 cm³/mol. The molecule has 0 saturated heterocycles. The number of amides is 3. The quantitative estimate of drug-likeness (QED) is 0.0179. The predicted octanol–water partition coefficient (Wildman–Crippen LogP) is 2.44. The monoisotopic (exact) mass is 1130 g/mol. The smallest absolute Gasteiger partial charge is 0.407 e. The third kappa shape index (κ3) is 27.0. The molecule has 0 radical (unpaired) electrons. The number of nitro groups is 1. The first-order valence-corrected chi connectivity index (χ1v) is 26.6. The molecule has 4 atom stereocenters. The van der Waals surface area contributed by atoms with E-state index < -0.39 is 35.4 Å². The van der Waals surface area contributed by atoms with Gasteiger partial charge in [-0.15, -0.1) is 5.10 Å². The van der Waals surface area contributed by atoms with Gasteiger partial charge < -0.3 is 85.0 Å². The van der Waals surface area contributed by atoms with Crippen molar-refractivity contribution >= 4 is 23.6 Å². The molecular formula is C53H80N10O17. The van der Waals surface area contributed by atoms with Gasteiger partial charge in [-0.2, -0.15) is 0 Å². The maximum atomic E-state index is 12.8. The third-order valence-electron chi connectivity index (χ3n) is 11.4. The van der Waals surface area contributed by atoms with E-state index in [9.17, 15) is 39.8 Å². The van der Waals surface area contributed by atoms with Crippen molar-refractivity contribution in [2.24, 2.45) is 5.73 Å². The average molecular weight is 1130 g/mol. The Kier molecular flexibility index (Phi) is 31.3. The average Bonchev–Trinajstić information content (AvgIpc) is 3.90. The number of aliphatic hydroxyl groups excluding tert-OH is 3. The van der Waals surface area contributed by atoms with Crippen molar-refractivity contribution in [3.05, 3.63) is 92.9 Å². The topological polar surface area (TPSA) is 356 Å². The third-order valence-corrected chi connectivity index (χ3v) is 11.4. The molecular weight excluding hydrogens is 1050 g/mol. The molecule has 0 aliphatic rings. The standard InChI is InChI=1S/C53H80N10O17/c1-37-25-40(30-54)26-51(59-37)80-45-11-7-9-41(27-45)52(68)57-13-6-5-10-42-34-62(61-60-42)15-18-74-20-22-75-21-19-73-17-14-56-50(67)12-8-16-78-49-29-47(63(70)71)46(28-48(49)72-4)39(3)79-53(69)58-33-44(66)36-77-24-23-76-35-43(65)32-55-31-38(2)64/h7,9,11,25-29,34,38-39,43-44,55,64-66H,5-6,8,10,12-24,30-33,35-36,54H2,1-4H3,(H,56,67)(H,57,68)(H,58,69). The van der Waals surface area contributed by atoms with Crippen LogP contribution in [-0.2, 0) is 52.7 Å². The first-order valence-electron chi connectivity index (χ1n) is 26.6. The van der Waals surface area contributed by atoms with Crippen molar-refractivity contribution < 1.29 is 77.3 Å². The van der Waals surface area contributed by atoms with Crippen LogP contribution >= 0.6 is 0 Å². The van der Waals surface area contributed by atoms with Gasteiger partial charge in [0.1, 0.15) is 11.9 Å². The van der Waals surface area contributed by atoms with Gasteiger partial charge in [-0.1, -0.05) is 11.3 Å². The van der Waals surface area contributed by atoms with E-state index in [-0.39, 0.29) is 100 Å². The number of alkyl carbamates (subject to hydrolysis) is 1. The molecule has 2 heterocycles. The lowest BCUT2D eigenvalue weighted by molar-refractivity contribution is -0.386. The number of aromatic nitrogens is 4. The lowest BCUT2D eigenvalue weighted by Gasteiger charge is -2.18. The molecule has 0 aliphatic heterocycles. The molecule has 27 nitrogen and oxygen atoms in total. The van der Waals surface area contributed by atoms with Gasteiger partial charge in [0.2, 0.25) is 11.8 Å². The first-order chi connectivity index (χ1) is 38.6. The molecule has 0 saturated carbocycles. The SMILES string of the molecule is COc1cc(C(C)OC(=O)NCC(O)COCCOCC(O)CNCC(C)O)c([N+](=O)[O-])cc1OCCCC(=O)NCCOCCOCCOCCn1cc(CCCCNC(=O)c2cccc(Oc3cc(CN)cc(C)n3)c2)nn1. The van der Waals surface area contributed by atoms with Crippen molar-refractivity contribution in [1.82, 2.24) is 41.2 Å². The van der Waals surface area contributed by atoms with E-state index in [4.69, 9.17) is 48.4 Å². The highest BCUT2D eigenvalue weighted by molar-refractivity contribution is 5.94. The van der Waals surface area contributed by atoms with Crippen LogP contribution in [0.3, 0.4) is 0 Å². The molecule has 444 valence electrons. The number of aryl methyl sites for hydroxylation is 2. The summed E-state index contributed by atoms with van der Waals surface area (Å²) in [5.41, 5.74) is 8.47. The second kappa shape index (κ2) is 38.1. The molecule has 0 bridgehead atoms. The number of unbranched alkanes of at least 4 members (excludes halogenated alkanes) is 1. The van der Waals surface area contributed by atoms with Crippen LogP contribution in [0.1, 0.15) is 78.5 Å². The lowest BCUT2D eigenvalue weighted by atomic mass is 10.1. The Labute approximate surface area is 465 Å². The van der Waals surface area contributed by atoms with E-state index in [0.29, 0.717) is 82.8 Å². The van der Waals surface area contributed by atoms with Gasteiger partial charge in [0.05, 0.1) is 127 Å². The van der Waals surface area contributed by atoms with Crippen LogP contribution in [0.4, 0.5) is 10.5 Å².